The molecule has 27 heavy (non-hydrogen) atoms. The Morgan fingerprint density at radius 3 is 2.30 bits per heavy atom. The van der Waals surface area contributed by atoms with Crippen LogP contribution in [-0.2, 0) is 0 Å². The van der Waals surface area contributed by atoms with Gasteiger partial charge in [-0.2, -0.15) is 0 Å². The second-order valence-electron chi connectivity index (χ2n) is 7.90. The minimum atomic E-state index is 0.647. The zero-order valence-corrected chi connectivity index (χ0v) is 16.2. The molecule has 2 aromatic carbocycles. The molecule has 0 saturated heterocycles. The van der Waals surface area contributed by atoms with Crippen molar-refractivity contribution in [3.8, 4) is 22.4 Å². The molecule has 1 N–H and O–H groups in total. The third kappa shape index (κ3) is 3.62. The minimum Gasteiger partial charge on any atom is -0.352 e. The summed E-state index contributed by atoms with van der Waals surface area (Å²) in [5, 5.41) is 0. The standard InChI is InChI=1S/C25H27NO/c1-17-8-13-22(18(2)14-17)23-15-24(26-25(23)16-27)21-11-9-20(10-12-21)19-6-4-3-5-7-19/h8-16,19,26H,3-7H2,1-2H3. The van der Waals surface area contributed by atoms with Crippen LogP contribution >= 0.6 is 0 Å². The van der Waals surface area contributed by atoms with Gasteiger partial charge in [-0.1, -0.05) is 67.3 Å². The molecule has 0 atom stereocenters. The molecule has 1 heterocycles. The van der Waals surface area contributed by atoms with Crippen molar-refractivity contribution >= 4 is 6.29 Å². The molecule has 138 valence electrons. The lowest BCUT2D eigenvalue weighted by Gasteiger charge is -2.22. The van der Waals surface area contributed by atoms with Gasteiger partial charge < -0.3 is 4.98 Å². The van der Waals surface area contributed by atoms with Crippen molar-refractivity contribution in [2.45, 2.75) is 51.9 Å². The van der Waals surface area contributed by atoms with Crippen LogP contribution in [0.3, 0.4) is 0 Å². The summed E-state index contributed by atoms with van der Waals surface area (Å²) in [6, 6.07) is 17.4. The molecule has 0 radical (unpaired) electrons. The predicted molar refractivity (Wildman–Crippen MR) is 112 cm³/mol. The molecule has 1 fully saturated rings. The fraction of sp³-hybridized carbons (Fsp3) is 0.320. The van der Waals surface area contributed by atoms with E-state index in [-0.39, 0.29) is 0 Å². The number of benzene rings is 2. The maximum absolute atomic E-state index is 11.7. The molecular weight excluding hydrogens is 330 g/mol. The summed E-state index contributed by atoms with van der Waals surface area (Å²) in [6.07, 6.45) is 7.64. The normalized spacial score (nSPS) is 15.0. The van der Waals surface area contributed by atoms with Gasteiger partial charge in [-0.3, -0.25) is 4.79 Å². The summed E-state index contributed by atoms with van der Waals surface area (Å²) in [5.74, 6) is 0.716. The second kappa shape index (κ2) is 7.56. The summed E-state index contributed by atoms with van der Waals surface area (Å²) in [4.78, 5) is 15.0. The van der Waals surface area contributed by atoms with Gasteiger partial charge in [0.05, 0.1) is 5.69 Å². The first-order valence-corrected chi connectivity index (χ1v) is 10.0. The van der Waals surface area contributed by atoms with Gasteiger partial charge in [-0.15, -0.1) is 0 Å². The van der Waals surface area contributed by atoms with E-state index < -0.39 is 0 Å². The van der Waals surface area contributed by atoms with Gasteiger partial charge in [0.2, 0.25) is 0 Å². The Hall–Kier alpha value is -2.61. The van der Waals surface area contributed by atoms with Crippen LogP contribution in [0, 0.1) is 13.8 Å². The number of aldehydes is 1. The first-order chi connectivity index (χ1) is 13.2. The van der Waals surface area contributed by atoms with Crippen molar-refractivity contribution in [3.63, 3.8) is 0 Å². The lowest BCUT2D eigenvalue weighted by atomic mass is 9.84. The van der Waals surface area contributed by atoms with Crippen LogP contribution in [0.25, 0.3) is 22.4 Å². The summed E-state index contributed by atoms with van der Waals surface area (Å²) in [6.45, 7) is 4.19. The largest absolute Gasteiger partial charge is 0.352 e. The zero-order chi connectivity index (χ0) is 18.8. The van der Waals surface area contributed by atoms with Crippen LogP contribution < -0.4 is 0 Å². The van der Waals surface area contributed by atoms with Crippen molar-refractivity contribution in [2.24, 2.45) is 0 Å². The highest BCUT2D eigenvalue weighted by atomic mass is 16.1. The van der Waals surface area contributed by atoms with Crippen LogP contribution in [0.15, 0.2) is 48.5 Å². The van der Waals surface area contributed by atoms with E-state index in [0.717, 1.165) is 28.7 Å². The molecule has 1 aliphatic rings. The third-order valence-corrected chi connectivity index (χ3v) is 5.94. The first-order valence-electron chi connectivity index (χ1n) is 10.0. The molecular formula is C25H27NO. The van der Waals surface area contributed by atoms with E-state index >= 15 is 0 Å². The van der Waals surface area contributed by atoms with Crippen molar-refractivity contribution in [3.05, 3.63) is 70.9 Å². The predicted octanol–water partition coefficient (Wildman–Crippen LogP) is 6.83. The molecule has 4 rings (SSSR count). The van der Waals surface area contributed by atoms with Gasteiger partial charge in [0, 0.05) is 11.3 Å². The van der Waals surface area contributed by atoms with Gasteiger partial charge in [0.25, 0.3) is 0 Å². The Labute approximate surface area is 161 Å². The number of carbonyl (C=O) groups is 1. The number of rotatable bonds is 4. The quantitative estimate of drug-likeness (QED) is 0.510. The maximum atomic E-state index is 11.7. The topological polar surface area (TPSA) is 32.9 Å². The SMILES string of the molecule is Cc1ccc(-c2cc(-c3ccc(C4CCCCC4)cc3)[nH]c2C=O)c(C)c1. The Bertz CT molecular complexity index is 943. The zero-order valence-electron chi connectivity index (χ0n) is 16.2. The number of aromatic amines is 1. The Kier molecular flexibility index (Phi) is 4.98. The Balaban J connectivity index is 1.66. The average molecular weight is 357 g/mol. The smallest absolute Gasteiger partial charge is 0.166 e. The highest BCUT2D eigenvalue weighted by Gasteiger charge is 2.16. The van der Waals surface area contributed by atoms with E-state index in [1.165, 1.54) is 48.8 Å². The van der Waals surface area contributed by atoms with Crippen molar-refractivity contribution in [2.75, 3.05) is 0 Å². The van der Waals surface area contributed by atoms with Gasteiger partial charge in [-0.25, -0.2) is 0 Å². The molecule has 0 spiro atoms. The number of aromatic nitrogens is 1. The lowest BCUT2D eigenvalue weighted by molar-refractivity contribution is 0.112. The van der Waals surface area contributed by atoms with Crippen LogP contribution in [0.1, 0.15) is 65.2 Å². The minimum absolute atomic E-state index is 0.647. The molecule has 0 bridgehead atoms. The van der Waals surface area contributed by atoms with Gasteiger partial charge >= 0.3 is 0 Å². The highest BCUT2D eigenvalue weighted by Crippen LogP contribution is 2.35. The molecule has 0 amide bonds. The molecule has 2 heteroatoms. The fourth-order valence-electron chi connectivity index (χ4n) is 4.43. The fourth-order valence-corrected chi connectivity index (χ4v) is 4.43. The summed E-state index contributed by atoms with van der Waals surface area (Å²) in [5.41, 5.74) is 8.76. The van der Waals surface area contributed by atoms with Crippen LogP contribution in [-0.4, -0.2) is 11.3 Å². The molecule has 1 aliphatic carbocycles. The number of aryl methyl sites for hydroxylation is 2. The van der Waals surface area contributed by atoms with Crippen LogP contribution in [0.5, 0.6) is 0 Å². The van der Waals surface area contributed by atoms with Crippen LogP contribution in [0.2, 0.25) is 0 Å². The van der Waals surface area contributed by atoms with Crippen LogP contribution in [0.4, 0.5) is 0 Å². The Morgan fingerprint density at radius 2 is 1.63 bits per heavy atom. The van der Waals surface area contributed by atoms with Gasteiger partial charge in [0.1, 0.15) is 0 Å². The van der Waals surface area contributed by atoms with E-state index in [1.54, 1.807) is 0 Å². The molecule has 2 nitrogen and oxygen atoms in total. The highest BCUT2D eigenvalue weighted by molar-refractivity contribution is 5.89. The van der Waals surface area contributed by atoms with E-state index in [9.17, 15) is 4.79 Å². The number of H-pyrrole nitrogens is 1. The monoisotopic (exact) mass is 357 g/mol. The second-order valence-corrected chi connectivity index (χ2v) is 7.90. The molecule has 1 aromatic heterocycles. The number of nitrogens with one attached hydrogen (secondary N) is 1. The molecule has 0 aliphatic heterocycles. The third-order valence-electron chi connectivity index (χ3n) is 5.94. The van der Waals surface area contributed by atoms with Crippen molar-refractivity contribution in [1.29, 1.82) is 0 Å². The first kappa shape index (κ1) is 17.8. The van der Waals surface area contributed by atoms with Gasteiger partial charge in [-0.05, 0) is 60.9 Å². The summed E-state index contributed by atoms with van der Waals surface area (Å²) in [7, 11) is 0. The van der Waals surface area contributed by atoms with E-state index in [0.29, 0.717) is 11.6 Å². The number of hydrogen-bond donors (Lipinski definition) is 1. The molecule has 0 unspecified atom stereocenters. The Morgan fingerprint density at radius 1 is 0.889 bits per heavy atom. The maximum Gasteiger partial charge on any atom is 0.166 e. The van der Waals surface area contributed by atoms with Gasteiger partial charge in [0.15, 0.2) is 6.29 Å². The molecule has 3 aromatic rings. The van der Waals surface area contributed by atoms with E-state index in [2.05, 4.69) is 67.4 Å². The van der Waals surface area contributed by atoms with Crippen molar-refractivity contribution < 1.29 is 4.79 Å². The number of carbonyl (C=O) groups excluding carboxylic acids is 1. The average Bonchev–Trinajstić information content (AvgIpc) is 3.13. The molecule has 1 saturated carbocycles. The summed E-state index contributed by atoms with van der Waals surface area (Å²) < 4.78 is 0. The van der Waals surface area contributed by atoms with E-state index in [1.807, 2.05) is 0 Å². The van der Waals surface area contributed by atoms with E-state index in [4.69, 9.17) is 0 Å². The van der Waals surface area contributed by atoms with Crippen molar-refractivity contribution in [1.82, 2.24) is 4.98 Å². The summed E-state index contributed by atoms with van der Waals surface area (Å²) >= 11 is 0. The number of hydrogen-bond acceptors (Lipinski definition) is 1. The lowest BCUT2D eigenvalue weighted by Crippen LogP contribution is -2.04.